The fourth-order valence-corrected chi connectivity index (χ4v) is 2.40. The van der Waals surface area contributed by atoms with Gasteiger partial charge in [0.25, 0.3) is 0 Å². The average Bonchev–Trinajstić information content (AvgIpc) is 2.44. The summed E-state index contributed by atoms with van der Waals surface area (Å²) in [6.45, 7) is 6.00. The molecule has 1 aliphatic heterocycles. The zero-order valence-electron chi connectivity index (χ0n) is 12.1. The van der Waals surface area contributed by atoms with E-state index in [1.54, 1.807) is 0 Å². The molecule has 1 aromatic carbocycles. The molecule has 1 aliphatic rings. The molecule has 5 nitrogen and oxygen atoms in total. The fourth-order valence-electron chi connectivity index (χ4n) is 2.40. The van der Waals surface area contributed by atoms with E-state index in [2.05, 4.69) is 12.2 Å². The normalized spacial score (nSPS) is 16.5. The number of hydrogen-bond donors (Lipinski definition) is 2. The maximum atomic E-state index is 11.4. The molecule has 5 heteroatoms. The van der Waals surface area contributed by atoms with Gasteiger partial charge in [0.1, 0.15) is 13.2 Å². The molecule has 110 valence electrons. The lowest BCUT2D eigenvalue weighted by atomic mass is 9.87. The van der Waals surface area contributed by atoms with Crippen molar-refractivity contribution in [2.45, 2.75) is 32.2 Å². The van der Waals surface area contributed by atoms with Gasteiger partial charge >= 0.3 is 0 Å². The van der Waals surface area contributed by atoms with Crippen LogP contribution in [0.3, 0.4) is 0 Å². The maximum Gasteiger partial charge on any atom is 0.219 e. The van der Waals surface area contributed by atoms with Crippen molar-refractivity contribution >= 4 is 5.91 Å². The van der Waals surface area contributed by atoms with Gasteiger partial charge in [-0.25, -0.2) is 0 Å². The molecule has 0 saturated heterocycles. The van der Waals surface area contributed by atoms with Crippen molar-refractivity contribution in [3.63, 3.8) is 0 Å². The summed E-state index contributed by atoms with van der Waals surface area (Å²) in [7, 11) is 0. The Balaban J connectivity index is 2.30. The van der Waals surface area contributed by atoms with Crippen molar-refractivity contribution in [1.29, 1.82) is 0 Å². The summed E-state index contributed by atoms with van der Waals surface area (Å²) in [4.78, 5) is 11.4. The number of amides is 1. The highest BCUT2D eigenvalue weighted by Gasteiger charge is 2.29. The minimum Gasteiger partial charge on any atom is -0.486 e. The molecule has 20 heavy (non-hydrogen) atoms. The molecule has 0 radical (unpaired) electrons. The van der Waals surface area contributed by atoms with Crippen LogP contribution in [0.15, 0.2) is 18.2 Å². The third-order valence-electron chi connectivity index (χ3n) is 3.47. The number of nitrogens with two attached hydrogens (primary N) is 1. The zero-order valence-corrected chi connectivity index (χ0v) is 12.1. The summed E-state index contributed by atoms with van der Waals surface area (Å²) in [6.07, 6.45) is 1.23. The molecular weight excluding hydrogens is 256 g/mol. The second-order valence-corrected chi connectivity index (χ2v) is 5.26. The highest BCUT2D eigenvalue weighted by Crippen LogP contribution is 2.35. The van der Waals surface area contributed by atoms with Crippen LogP contribution in [0.4, 0.5) is 0 Å². The van der Waals surface area contributed by atoms with Gasteiger partial charge in [0.05, 0.1) is 0 Å². The van der Waals surface area contributed by atoms with Crippen molar-refractivity contribution in [3.8, 4) is 11.5 Å². The molecule has 1 heterocycles. The second kappa shape index (κ2) is 6.13. The van der Waals surface area contributed by atoms with Gasteiger partial charge in [0.15, 0.2) is 11.5 Å². The molecule has 0 aliphatic carbocycles. The molecular formula is C15H22N2O3. The SMILES string of the molecule is CCCNC(C)(CC(N)=O)c1ccc2c(c1)OCCO2. The van der Waals surface area contributed by atoms with E-state index in [4.69, 9.17) is 15.2 Å². The lowest BCUT2D eigenvalue weighted by Crippen LogP contribution is -2.43. The van der Waals surface area contributed by atoms with Crippen LogP contribution in [0.5, 0.6) is 11.5 Å². The summed E-state index contributed by atoms with van der Waals surface area (Å²) in [5, 5.41) is 3.40. The Hall–Kier alpha value is -1.75. The minimum absolute atomic E-state index is 0.243. The maximum absolute atomic E-state index is 11.4. The Bertz CT molecular complexity index is 490. The Morgan fingerprint density at radius 2 is 2.05 bits per heavy atom. The van der Waals surface area contributed by atoms with Crippen LogP contribution in [0.1, 0.15) is 32.3 Å². The third-order valence-corrected chi connectivity index (χ3v) is 3.47. The second-order valence-electron chi connectivity index (χ2n) is 5.26. The smallest absolute Gasteiger partial charge is 0.219 e. The van der Waals surface area contributed by atoms with E-state index < -0.39 is 5.54 Å². The molecule has 0 spiro atoms. The van der Waals surface area contributed by atoms with Gasteiger partial charge in [-0.2, -0.15) is 0 Å². The van der Waals surface area contributed by atoms with Crippen molar-refractivity contribution in [3.05, 3.63) is 23.8 Å². The van der Waals surface area contributed by atoms with E-state index in [0.29, 0.717) is 13.2 Å². The summed E-state index contributed by atoms with van der Waals surface area (Å²) in [5.41, 5.74) is 5.88. The summed E-state index contributed by atoms with van der Waals surface area (Å²) < 4.78 is 11.1. The molecule has 0 aromatic heterocycles. The molecule has 0 bridgehead atoms. The molecule has 1 atom stereocenters. The zero-order chi connectivity index (χ0) is 14.6. The quantitative estimate of drug-likeness (QED) is 0.828. The number of rotatable bonds is 6. The van der Waals surface area contributed by atoms with Gasteiger partial charge < -0.3 is 20.5 Å². The predicted octanol–water partition coefficient (Wildman–Crippen LogP) is 1.55. The Morgan fingerprint density at radius 1 is 1.35 bits per heavy atom. The molecule has 3 N–H and O–H groups in total. The van der Waals surface area contributed by atoms with Crippen LogP contribution in [-0.2, 0) is 10.3 Å². The van der Waals surface area contributed by atoms with Gasteiger partial charge in [-0.1, -0.05) is 13.0 Å². The number of carbonyl (C=O) groups is 1. The first-order chi connectivity index (χ1) is 9.55. The number of nitrogens with one attached hydrogen (secondary N) is 1. The van der Waals surface area contributed by atoms with E-state index in [1.807, 2.05) is 25.1 Å². The average molecular weight is 278 g/mol. The van der Waals surface area contributed by atoms with Crippen LogP contribution in [0.25, 0.3) is 0 Å². The van der Waals surface area contributed by atoms with Gasteiger partial charge in [-0.3, -0.25) is 4.79 Å². The van der Waals surface area contributed by atoms with Crippen molar-refractivity contribution in [2.75, 3.05) is 19.8 Å². The molecule has 1 unspecified atom stereocenters. The number of carbonyl (C=O) groups excluding carboxylic acids is 1. The number of benzene rings is 1. The lowest BCUT2D eigenvalue weighted by Gasteiger charge is -2.31. The van der Waals surface area contributed by atoms with Gasteiger partial charge in [0.2, 0.25) is 5.91 Å². The first-order valence-corrected chi connectivity index (χ1v) is 6.98. The van der Waals surface area contributed by atoms with E-state index in [-0.39, 0.29) is 12.3 Å². The molecule has 0 saturated carbocycles. The summed E-state index contributed by atoms with van der Waals surface area (Å²) >= 11 is 0. The van der Waals surface area contributed by atoms with E-state index >= 15 is 0 Å². The van der Waals surface area contributed by atoms with Gasteiger partial charge in [-0.05, 0) is 37.6 Å². The molecule has 1 amide bonds. The van der Waals surface area contributed by atoms with Gasteiger partial charge in [0, 0.05) is 12.0 Å². The molecule has 0 fully saturated rings. The van der Waals surface area contributed by atoms with E-state index in [9.17, 15) is 4.79 Å². The highest BCUT2D eigenvalue weighted by atomic mass is 16.6. The minimum atomic E-state index is -0.488. The topological polar surface area (TPSA) is 73.6 Å². The van der Waals surface area contributed by atoms with E-state index in [0.717, 1.165) is 30.0 Å². The molecule has 1 aromatic rings. The van der Waals surface area contributed by atoms with Crippen LogP contribution < -0.4 is 20.5 Å². The number of ether oxygens (including phenoxy) is 2. The Labute approximate surface area is 119 Å². The van der Waals surface area contributed by atoms with Crippen molar-refractivity contribution < 1.29 is 14.3 Å². The predicted molar refractivity (Wildman–Crippen MR) is 76.9 cm³/mol. The third kappa shape index (κ3) is 3.22. The standard InChI is InChI=1S/C15H22N2O3/c1-3-6-17-15(2,10-14(16)18)11-4-5-12-13(9-11)20-8-7-19-12/h4-5,9,17H,3,6-8,10H2,1-2H3,(H2,16,18). The summed E-state index contributed by atoms with van der Waals surface area (Å²) in [6, 6.07) is 5.77. The Morgan fingerprint density at radius 3 is 2.70 bits per heavy atom. The van der Waals surface area contributed by atoms with E-state index in [1.165, 1.54) is 0 Å². The first-order valence-electron chi connectivity index (χ1n) is 6.98. The molecule has 2 rings (SSSR count). The van der Waals surface area contributed by atoms with Crippen LogP contribution in [0, 0.1) is 0 Å². The van der Waals surface area contributed by atoms with Crippen LogP contribution >= 0.6 is 0 Å². The van der Waals surface area contributed by atoms with Gasteiger partial charge in [-0.15, -0.1) is 0 Å². The first kappa shape index (κ1) is 14.7. The largest absolute Gasteiger partial charge is 0.486 e. The fraction of sp³-hybridized carbons (Fsp3) is 0.533. The van der Waals surface area contributed by atoms with Crippen molar-refractivity contribution in [2.24, 2.45) is 5.73 Å². The van der Waals surface area contributed by atoms with Crippen LogP contribution in [0.2, 0.25) is 0 Å². The number of fused-ring (bicyclic) bond motifs is 1. The monoisotopic (exact) mass is 278 g/mol. The summed E-state index contributed by atoms with van der Waals surface area (Å²) in [5.74, 6) is 1.14. The Kier molecular flexibility index (Phi) is 4.49. The van der Waals surface area contributed by atoms with Crippen LogP contribution in [-0.4, -0.2) is 25.7 Å². The number of primary amides is 1. The highest BCUT2D eigenvalue weighted by molar-refractivity contribution is 5.75. The van der Waals surface area contributed by atoms with Crippen molar-refractivity contribution in [1.82, 2.24) is 5.32 Å². The lowest BCUT2D eigenvalue weighted by molar-refractivity contribution is -0.119. The number of hydrogen-bond acceptors (Lipinski definition) is 4.